The normalized spacial score (nSPS) is 43.8. The summed E-state index contributed by atoms with van der Waals surface area (Å²) in [5.41, 5.74) is 0. The van der Waals surface area contributed by atoms with Crippen molar-refractivity contribution in [1.29, 1.82) is 0 Å². The molecular formula is C9H17NOS. The molecule has 2 aliphatic heterocycles. The summed E-state index contributed by atoms with van der Waals surface area (Å²) in [5.74, 6) is 7.23. The Morgan fingerprint density at radius 1 is 1.17 bits per heavy atom. The predicted octanol–water partition coefficient (Wildman–Crippen LogP) is 0.332. The van der Waals surface area contributed by atoms with E-state index in [1.807, 2.05) is 0 Å². The third kappa shape index (κ3) is 1.67. The van der Waals surface area contributed by atoms with Gasteiger partial charge in [0.1, 0.15) is 0 Å². The predicted molar refractivity (Wildman–Crippen MR) is 54.1 cm³/mol. The Morgan fingerprint density at radius 3 is 2.17 bits per heavy atom. The van der Waals surface area contributed by atoms with E-state index in [0.717, 1.165) is 36.2 Å². The maximum absolute atomic E-state index is 11.6. The van der Waals surface area contributed by atoms with Gasteiger partial charge in [0, 0.05) is 11.5 Å². The molecule has 1 N–H and O–H groups in total. The molecule has 2 fully saturated rings. The first-order valence-corrected chi connectivity index (χ1v) is 6.77. The van der Waals surface area contributed by atoms with E-state index in [4.69, 9.17) is 0 Å². The molecule has 0 aromatic carbocycles. The van der Waals surface area contributed by atoms with Crippen LogP contribution in [0.4, 0.5) is 0 Å². The second-order valence-corrected chi connectivity index (χ2v) is 6.88. The fourth-order valence-corrected chi connectivity index (χ4v) is 3.76. The zero-order chi connectivity index (χ0) is 8.60. The summed E-state index contributed by atoms with van der Waals surface area (Å²) in [7, 11) is -1.65. The van der Waals surface area contributed by atoms with Gasteiger partial charge >= 0.3 is 0 Å². The summed E-state index contributed by atoms with van der Waals surface area (Å²) >= 11 is 0. The van der Waals surface area contributed by atoms with Crippen molar-refractivity contribution in [2.45, 2.75) is 12.8 Å². The smallest absolute Gasteiger partial charge is 0.0161 e. The molecule has 0 atom stereocenters. The largest absolute Gasteiger partial charge is 0.316 e. The fraction of sp³-hybridized carbons (Fsp3) is 0.889. The van der Waals surface area contributed by atoms with Crippen LogP contribution >= 0.6 is 0 Å². The summed E-state index contributed by atoms with van der Waals surface area (Å²) in [6.45, 7) is 2.37. The maximum atomic E-state index is 11.6. The minimum absolute atomic E-state index is 0.836. The lowest BCUT2D eigenvalue weighted by Crippen LogP contribution is -2.47. The highest BCUT2D eigenvalue weighted by Gasteiger charge is 2.30. The van der Waals surface area contributed by atoms with E-state index in [1.54, 1.807) is 0 Å². The molecule has 12 heavy (non-hydrogen) atoms. The van der Waals surface area contributed by atoms with Gasteiger partial charge < -0.3 is 5.32 Å². The van der Waals surface area contributed by atoms with Gasteiger partial charge in [-0.2, -0.15) is 0 Å². The van der Waals surface area contributed by atoms with E-state index in [-0.39, 0.29) is 0 Å². The van der Waals surface area contributed by atoms with Crippen LogP contribution in [0.1, 0.15) is 12.8 Å². The molecule has 0 unspecified atom stereocenters. The van der Waals surface area contributed by atoms with Crippen molar-refractivity contribution >= 4 is 15.4 Å². The lowest BCUT2D eigenvalue weighted by atomic mass is 9.83. The van der Waals surface area contributed by atoms with Crippen LogP contribution in [-0.4, -0.2) is 34.7 Å². The van der Waals surface area contributed by atoms with Gasteiger partial charge in [-0.1, -0.05) is 0 Å². The van der Waals surface area contributed by atoms with Crippen LogP contribution in [0.25, 0.3) is 0 Å². The van der Waals surface area contributed by atoms with Gasteiger partial charge in [0.05, 0.1) is 0 Å². The van der Waals surface area contributed by atoms with Crippen molar-refractivity contribution in [2.75, 3.05) is 24.6 Å². The van der Waals surface area contributed by atoms with Crippen molar-refractivity contribution in [3.8, 4) is 0 Å². The first-order chi connectivity index (χ1) is 5.67. The summed E-state index contributed by atoms with van der Waals surface area (Å²) in [5, 5.41) is 3.29. The van der Waals surface area contributed by atoms with Crippen LogP contribution in [0.3, 0.4) is 0 Å². The highest BCUT2D eigenvalue weighted by Crippen LogP contribution is 2.28. The third-order valence-corrected chi connectivity index (χ3v) is 5.16. The van der Waals surface area contributed by atoms with Crippen LogP contribution in [-0.2, 0) is 9.52 Å². The van der Waals surface area contributed by atoms with E-state index in [1.165, 1.54) is 13.1 Å². The van der Waals surface area contributed by atoms with Crippen LogP contribution in [0.2, 0.25) is 0 Å². The second kappa shape index (κ2) is 3.04. The Morgan fingerprint density at radius 2 is 1.75 bits per heavy atom. The van der Waals surface area contributed by atoms with Gasteiger partial charge in [-0.05, 0) is 53.2 Å². The summed E-state index contributed by atoms with van der Waals surface area (Å²) < 4.78 is 11.6. The molecule has 0 aliphatic carbocycles. The van der Waals surface area contributed by atoms with Gasteiger partial charge in [-0.15, -0.1) is 0 Å². The molecule has 0 spiro atoms. The summed E-state index contributed by atoms with van der Waals surface area (Å²) in [6, 6.07) is 0. The molecule has 2 aliphatic rings. The van der Waals surface area contributed by atoms with E-state index < -0.39 is 9.52 Å². The van der Waals surface area contributed by atoms with Gasteiger partial charge in [-0.25, -0.2) is 0 Å². The molecule has 0 bridgehead atoms. The standard InChI is InChI=1S/C9H17NOS/c1-12(11)4-2-8(3-5-12)9-6-10-7-9/h8-10H,1-7H2. The number of hydrogen-bond acceptors (Lipinski definition) is 2. The number of hydrogen-bond donors (Lipinski definition) is 1. The molecule has 3 heteroatoms. The first kappa shape index (κ1) is 8.57. The van der Waals surface area contributed by atoms with Crippen molar-refractivity contribution in [3.63, 3.8) is 0 Å². The zero-order valence-electron chi connectivity index (χ0n) is 7.42. The molecular weight excluding hydrogens is 170 g/mol. The molecule has 0 amide bonds. The minimum atomic E-state index is -1.65. The van der Waals surface area contributed by atoms with Crippen LogP contribution < -0.4 is 5.32 Å². The van der Waals surface area contributed by atoms with Gasteiger partial charge in [-0.3, -0.25) is 4.21 Å². The maximum Gasteiger partial charge on any atom is 0.0161 e. The van der Waals surface area contributed by atoms with Crippen LogP contribution in [0, 0.1) is 11.8 Å². The molecule has 0 saturated carbocycles. The first-order valence-electron chi connectivity index (χ1n) is 4.71. The molecule has 2 nitrogen and oxygen atoms in total. The Kier molecular flexibility index (Phi) is 2.17. The van der Waals surface area contributed by atoms with Gasteiger partial charge in [0.15, 0.2) is 0 Å². The van der Waals surface area contributed by atoms with Gasteiger partial charge in [0.25, 0.3) is 0 Å². The topological polar surface area (TPSA) is 29.1 Å². The molecule has 0 aromatic heterocycles. The highest BCUT2D eigenvalue weighted by molar-refractivity contribution is 8.00. The fourth-order valence-electron chi connectivity index (χ4n) is 2.09. The summed E-state index contributed by atoms with van der Waals surface area (Å²) in [6.07, 6.45) is 2.30. The minimum Gasteiger partial charge on any atom is -0.316 e. The molecule has 2 rings (SSSR count). The van der Waals surface area contributed by atoms with Crippen molar-refractivity contribution in [1.82, 2.24) is 5.32 Å². The average Bonchev–Trinajstić information content (AvgIpc) is 1.89. The number of nitrogens with one attached hydrogen (secondary N) is 1. The van der Waals surface area contributed by atoms with E-state index in [2.05, 4.69) is 11.2 Å². The lowest BCUT2D eigenvalue weighted by Gasteiger charge is -2.37. The Hall–Kier alpha value is -0.0200. The van der Waals surface area contributed by atoms with E-state index in [9.17, 15) is 4.21 Å². The Labute approximate surface area is 74.7 Å². The van der Waals surface area contributed by atoms with E-state index in [0.29, 0.717) is 0 Å². The van der Waals surface area contributed by atoms with Crippen molar-refractivity contribution in [2.24, 2.45) is 11.8 Å². The Balaban J connectivity index is 1.89. The highest BCUT2D eigenvalue weighted by atomic mass is 32.2. The van der Waals surface area contributed by atoms with Gasteiger partial charge in [0.2, 0.25) is 0 Å². The second-order valence-electron chi connectivity index (χ2n) is 4.13. The quantitative estimate of drug-likeness (QED) is 0.600. The zero-order valence-corrected chi connectivity index (χ0v) is 8.24. The monoisotopic (exact) mass is 187 g/mol. The number of rotatable bonds is 1. The summed E-state index contributed by atoms with van der Waals surface area (Å²) in [4.78, 5) is 0. The average molecular weight is 187 g/mol. The molecule has 2 saturated heterocycles. The van der Waals surface area contributed by atoms with Crippen molar-refractivity contribution in [3.05, 3.63) is 0 Å². The third-order valence-electron chi connectivity index (χ3n) is 3.20. The molecule has 0 aromatic rings. The SMILES string of the molecule is C=S1(=O)CCC(C2CNC2)CC1. The van der Waals surface area contributed by atoms with E-state index >= 15 is 0 Å². The van der Waals surface area contributed by atoms with Crippen LogP contribution in [0.5, 0.6) is 0 Å². The lowest BCUT2D eigenvalue weighted by molar-refractivity contribution is 0.220. The van der Waals surface area contributed by atoms with Crippen molar-refractivity contribution < 1.29 is 4.21 Å². The molecule has 70 valence electrons. The molecule has 2 heterocycles. The molecule has 0 radical (unpaired) electrons. The van der Waals surface area contributed by atoms with Crippen LogP contribution in [0.15, 0.2) is 0 Å². The Bertz CT molecular complexity index is 240.